The van der Waals surface area contributed by atoms with Gasteiger partial charge in [0.25, 0.3) is 0 Å². The molecule has 4 heteroatoms. The average Bonchev–Trinajstić information content (AvgIpc) is 3.05. The van der Waals surface area contributed by atoms with Crippen LogP contribution in [0.5, 0.6) is 0 Å². The van der Waals surface area contributed by atoms with E-state index in [-0.39, 0.29) is 0 Å². The van der Waals surface area contributed by atoms with Gasteiger partial charge in [-0.1, -0.05) is 12.8 Å². The average molecular weight is 251 g/mol. The van der Waals surface area contributed by atoms with Crippen molar-refractivity contribution in [1.82, 2.24) is 15.1 Å². The lowest BCUT2D eigenvalue weighted by atomic mass is 10.2. The van der Waals surface area contributed by atoms with E-state index in [0.29, 0.717) is 12.1 Å². The second-order valence-electron chi connectivity index (χ2n) is 5.08. The van der Waals surface area contributed by atoms with Crippen LogP contribution in [0.25, 0.3) is 0 Å². The van der Waals surface area contributed by atoms with Crippen molar-refractivity contribution in [2.75, 3.05) is 13.2 Å². The molecule has 1 aliphatic carbocycles. The topological polar surface area (TPSA) is 39.1 Å². The van der Waals surface area contributed by atoms with Crippen molar-refractivity contribution in [3.8, 4) is 0 Å². The summed E-state index contributed by atoms with van der Waals surface area (Å²) in [6.45, 7) is 6.93. The third-order valence-electron chi connectivity index (χ3n) is 3.69. The second kappa shape index (κ2) is 6.90. The molecule has 2 rings (SSSR count). The Labute approximate surface area is 110 Å². The van der Waals surface area contributed by atoms with Crippen LogP contribution in [0.15, 0.2) is 12.4 Å². The SMILES string of the molecule is CCn1cc(C(C)NCCOC2CCCC2)cn1. The molecule has 102 valence electrons. The highest BCUT2D eigenvalue weighted by molar-refractivity contribution is 5.08. The van der Waals surface area contributed by atoms with Gasteiger partial charge in [0.2, 0.25) is 0 Å². The predicted molar refractivity (Wildman–Crippen MR) is 72.5 cm³/mol. The Morgan fingerprint density at radius 2 is 2.28 bits per heavy atom. The summed E-state index contributed by atoms with van der Waals surface area (Å²) in [5.74, 6) is 0. The Bertz CT molecular complexity index is 345. The smallest absolute Gasteiger partial charge is 0.0594 e. The van der Waals surface area contributed by atoms with Gasteiger partial charge in [-0.05, 0) is 26.7 Å². The molecule has 1 atom stereocenters. The standard InChI is InChI=1S/C14H25N3O/c1-3-17-11-13(10-16-17)12(2)15-8-9-18-14-6-4-5-7-14/h10-12,14-15H,3-9H2,1-2H3. The zero-order valence-electron chi connectivity index (χ0n) is 11.6. The number of aryl methyl sites for hydroxylation is 1. The molecule has 1 saturated carbocycles. The molecule has 0 radical (unpaired) electrons. The molecular weight excluding hydrogens is 226 g/mol. The maximum absolute atomic E-state index is 5.83. The monoisotopic (exact) mass is 251 g/mol. The molecule has 4 nitrogen and oxygen atoms in total. The summed E-state index contributed by atoms with van der Waals surface area (Å²) in [6.07, 6.45) is 9.74. The fourth-order valence-electron chi connectivity index (χ4n) is 2.45. The normalized spacial score (nSPS) is 18.3. The third-order valence-corrected chi connectivity index (χ3v) is 3.69. The summed E-state index contributed by atoms with van der Waals surface area (Å²) < 4.78 is 7.79. The number of rotatable bonds is 7. The lowest BCUT2D eigenvalue weighted by molar-refractivity contribution is 0.0593. The molecule has 0 aromatic carbocycles. The second-order valence-corrected chi connectivity index (χ2v) is 5.08. The molecular formula is C14H25N3O. The van der Waals surface area contributed by atoms with Crippen LogP contribution in [0.4, 0.5) is 0 Å². The van der Waals surface area contributed by atoms with Crippen LogP contribution in [0.3, 0.4) is 0 Å². The molecule has 0 spiro atoms. The largest absolute Gasteiger partial charge is 0.377 e. The van der Waals surface area contributed by atoms with Crippen molar-refractivity contribution in [2.45, 2.75) is 58.2 Å². The van der Waals surface area contributed by atoms with Crippen molar-refractivity contribution in [2.24, 2.45) is 0 Å². The number of hydrogen-bond acceptors (Lipinski definition) is 3. The molecule has 0 amide bonds. The Morgan fingerprint density at radius 3 is 2.94 bits per heavy atom. The van der Waals surface area contributed by atoms with Crippen LogP contribution < -0.4 is 5.32 Å². The molecule has 0 bridgehead atoms. The lowest BCUT2D eigenvalue weighted by Gasteiger charge is -2.14. The van der Waals surface area contributed by atoms with Crippen LogP contribution in [0.2, 0.25) is 0 Å². The van der Waals surface area contributed by atoms with E-state index in [1.54, 1.807) is 0 Å². The Morgan fingerprint density at radius 1 is 1.50 bits per heavy atom. The van der Waals surface area contributed by atoms with Crippen LogP contribution in [0.1, 0.15) is 51.1 Å². The molecule has 18 heavy (non-hydrogen) atoms. The van der Waals surface area contributed by atoms with E-state index in [1.165, 1.54) is 31.2 Å². The molecule has 1 aliphatic rings. The van der Waals surface area contributed by atoms with Crippen LogP contribution >= 0.6 is 0 Å². The van der Waals surface area contributed by atoms with E-state index in [9.17, 15) is 0 Å². The summed E-state index contributed by atoms with van der Waals surface area (Å²) in [5, 5.41) is 7.77. The first-order valence-electron chi connectivity index (χ1n) is 7.17. The highest BCUT2D eigenvalue weighted by Gasteiger charge is 2.15. The van der Waals surface area contributed by atoms with Gasteiger partial charge in [-0.2, -0.15) is 5.10 Å². The minimum atomic E-state index is 0.345. The zero-order valence-corrected chi connectivity index (χ0v) is 11.6. The van der Waals surface area contributed by atoms with Crippen molar-refractivity contribution in [1.29, 1.82) is 0 Å². The highest BCUT2D eigenvalue weighted by atomic mass is 16.5. The molecule has 1 aromatic rings. The Kier molecular flexibility index (Phi) is 5.20. The predicted octanol–water partition coefficient (Wildman–Crippen LogP) is 2.51. The number of aromatic nitrogens is 2. The Hall–Kier alpha value is -0.870. The van der Waals surface area contributed by atoms with E-state index < -0.39 is 0 Å². The van der Waals surface area contributed by atoms with Crippen molar-refractivity contribution >= 4 is 0 Å². The fraction of sp³-hybridized carbons (Fsp3) is 0.786. The summed E-state index contributed by atoms with van der Waals surface area (Å²) in [7, 11) is 0. The van der Waals surface area contributed by atoms with E-state index >= 15 is 0 Å². The van der Waals surface area contributed by atoms with E-state index in [2.05, 4.69) is 30.5 Å². The number of hydrogen-bond donors (Lipinski definition) is 1. The number of ether oxygens (including phenoxy) is 1. The molecule has 1 aromatic heterocycles. The first-order chi connectivity index (χ1) is 8.79. The maximum atomic E-state index is 5.83. The van der Waals surface area contributed by atoms with Crippen LogP contribution in [-0.2, 0) is 11.3 Å². The van der Waals surface area contributed by atoms with Gasteiger partial charge in [0.1, 0.15) is 0 Å². The highest BCUT2D eigenvalue weighted by Crippen LogP contribution is 2.20. The van der Waals surface area contributed by atoms with Crippen molar-refractivity contribution < 1.29 is 4.74 Å². The van der Waals surface area contributed by atoms with Gasteiger partial charge in [-0.15, -0.1) is 0 Å². The fourth-order valence-corrected chi connectivity index (χ4v) is 2.45. The third kappa shape index (κ3) is 3.82. The number of nitrogens with zero attached hydrogens (tertiary/aromatic N) is 2. The van der Waals surface area contributed by atoms with E-state index in [0.717, 1.165) is 19.7 Å². The molecule has 1 unspecified atom stereocenters. The lowest BCUT2D eigenvalue weighted by Crippen LogP contribution is -2.24. The molecule has 1 heterocycles. The van der Waals surface area contributed by atoms with Crippen molar-refractivity contribution in [3.05, 3.63) is 18.0 Å². The minimum absolute atomic E-state index is 0.345. The van der Waals surface area contributed by atoms with Gasteiger partial charge < -0.3 is 10.1 Å². The molecule has 1 fully saturated rings. The van der Waals surface area contributed by atoms with Crippen molar-refractivity contribution in [3.63, 3.8) is 0 Å². The maximum Gasteiger partial charge on any atom is 0.0594 e. The molecule has 0 aliphatic heterocycles. The van der Waals surface area contributed by atoms with E-state index in [1.807, 2.05) is 10.9 Å². The quantitative estimate of drug-likeness (QED) is 0.757. The molecule has 0 saturated heterocycles. The van der Waals surface area contributed by atoms with Gasteiger partial charge in [-0.25, -0.2) is 0 Å². The van der Waals surface area contributed by atoms with E-state index in [4.69, 9.17) is 4.74 Å². The molecule has 1 N–H and O–H groups in total. The van der Waals surface area contributed by atoms with Gasteiger partial charge in [-0.3, -0.25) is 4.68 Å². The summed E-state index contributed by atoms with van der Waals surface area (Å²) in [6, 6.07) is 0.345. The van der Waals surface area contributed by atoms with Crippen LogP contribution in [-0.4, -0.2) is 29.0 Å². The summed E-state index contributed by atoms with van der Waals surface area (Å²) in [4.78, 5) is 0. The van der Waals surface area contributed by atoms with Gasteiger partial charge in [0.15, 0.2) is 0 Å². The van der Waals surface area contributed by atoms with Gasteiger partial charge in [0, 0.05) is 30.9 Å². The first-order valence-corrected chi connectivity index (χ1v) is 7.17. The van der Waals surface area contributed by atoms with Crippen LogP contribution in [0, 0.1) is 0 Å². The summed E-state index contributed by atoms with van der Waals surface area (Å²) in [5.41, 5.74) is 1.25. The van der Waals surface area contributed by atoms with Gasteiger partial charge >= 0.3 is 0 Å². The van der Waals surface area contributed by atoms with Gasteiger partial charge in [0.05, 0.1) is 18.9 Å². The number of nitrogens with one attached hydrogen (secondary N) is 1. The zero-order chi connectivity index (χ0) is 12.8. The minimum Gasteiger partial charge on any atom is -0.377 e. The first kappa shape index (κ1) is 13.6. The summed E-state index contributed by atoms with van der Waals surface area (Å²) >= 11 is 0. The Balaban J connectivity index is 1.63.